The fourth-order valence-corrected chi connectivity index (χ4v) is 4.48. The van der Waals surface area contributed by atoms with E-state index in [4.69, 9.17) is 0 Å². The van der Waals surface area contributed by atoms with E-state index in [1.165, 1.54) is 11.1 Å². The molecule has 0 spiro atoms. The van der Waals surface area contributed by atoms with Crippen LogP contribution in [0.1, 0.15) is 30.0 Å². The lowest BCUT2D eigenvalue weighted by molar-refractivity contribution is -0.132. The Morgan fingerprint density at radius 1 is 0.933 bits per heavy atom. The third-order valence-electron chi connectivity index (χ3n) is 6.35. The molecule has 1 atom stereocenters. The van der Waals surface area contributed by atoms with Gasteiger partial charge >= 0.3 is 0 Å². The van der Waals surface area contributed by atoms with E-state index in [-0.39, 0.29) is 17.9 Å². The Hall–Kier alpha value is -2.66. The molecule has 2 aromatic rings. The van der Waals surface area contributed by atoms with Crippen molar-refractivity contribution in [1.82, 2.24) is 9.80 Å². The average Bonchev–Trinajstić information content (AvgIpc) is 2.75. The summed E-state index contributed by atoms with van der Waals surface area (Å²) < 4.78 is 0. The number of rotatable bonds is 4. The average molecular weight is 406 g/mol. The number of nitrogens with zero attached hydrogens (tertiary/aromatic N) is 3. The van der Waals surface area contributed by atoms with Crippen LogP contribution < -0.4 is 4.90 Å². The van der Waals surface area contributed by atoms with Crippen molar-refractivity contribution in [1.29, 1.82) is 0 Å². The highest BCUT2D eigenvalue weighted by Crippen LogP contribution is 2.30. The molecule has 1 unspecified atom stereocenters. The number of fused-ring (bicyclic) bond motifs is 1. The molecule has 1 fully saturated rings. The number of benzene rings is 2. The van der Waals surface area contributed by atoms with Crippen LogP contribution in [-0.2, 0) is 22.4 Å². The zero-order valence-corrected chi connectivity index (χ0v) is 18.0. The molecule has 4 rings (SSSR count). The predicted octanol–water partition coefficient (Wildman–Crippen LogP) is 3.05. The largest absolute Gasteiger partial charge is 0.340 e. The van der Waals surface area contributed by atoms with Crippen LogP contribution in [0.3, 0.4) is 0 Å². The third-order valence-corrected chi connectivity index (χ3v) is 6.35. The molecule has 1 saturated heterocycles. The van der Waals surface area contributed by atoms with Gasteiger partial charge in [0, 0.05) is 37.9 Å². The molecule has 2 amide bonds. The van der Waals surface area contributed by atoms with Crippen molar-refractivity contribution in [3.05, 3.63) is 65.2 Å². The number of amides is 2. The molecule has 5 heteroatoms. The van der Waals surface area contributed by atoms with Crippen molar-refractivity contribution in [3.8, 4) is 0 Å². The van der Waals surface area contributed by atoms with Crippen molar-refractivity contribution in [2.75, 3.05) is 37.6 Å². The summed E-state index contributed by atoms with van der Waals surface area (Å²) in [6.07, 6.45) is 2.48. The molecule has 0 saturated carbocycles. The van der Waals surface area contributed by atoms with Gasteiger partial charge in [0.2, 0.25) is 11.8 Å². The second-order valence-electron chi connectivity index (χ2n) is 8.60. The molecule has 0 bridgehead atoms. The number of hydrogen-bond donors (Lipinski definition) is 0. The van der Waals surface area contributed by atoms with Gasteiger partial charge in [-0.2, -0.15) is 0 Å². The standard InChI is InChI=1S/C25H31N3O2/c1-19-7-10-21(11-8-19)17-24(29)27-15-13-26(14-16-27)18-25(30)28-20(2)9-12-22-5-3-4-6-23(22)28/h3-8,10-11,20H,9,12-18H2,1-2H3. The van der Waals surface area contributed by atoms with E-state index >= 15 is 0 Å². The molecular weight excluding hydrogens is 374 g/mol. The molecule has 0 aromatic heterocycles. The summed E-state index contributed by atoms with van der Waals surface area (Å²) in [6.45, 7) is 7.46. The summed E-state index contributed by atoms with van der Waals surface area (Å²) in [5.41, 5.74) is 4.58. The summed E-state index contributed by atoms with van der Waals surface area (Å²) in [5.74, 6) is 0.331. The Labute approximate surface area is 179 Å². The molecule has 0 radical (unpaired) electrons. The van der Waals surface area contributed by atoms with Crippen LogP contribution in [0.4, 0.5) is 5.69 Å². The van der Waals surface area contributed by atoms with E-state index in [9.17, 15) is 9.59 Å². The van der Waals surface area contributed by atoms with Gasteiger partial charge in [0.15, 0.2) is 0 Å². The zero-order chi connectivity index (χ0) is 21.1. The Morgan fingerprint density at radius 3 is 2.37 bits per heavy atom. The fraction of sp³-hybridized carbons (Fsp3) is 0.440. The molecule has 30 heavy (non-hydrogen) atoms. The summed E-state index contributed by atoms with van der Waals surface area (Å²) in [4.78, 5) is 31.9. The minimum absolute atomic E-state index is 0.161. The van der Waals surface area contributed by atoms with E-state index in [2.05, 4.69) is 30.9 Å². The number of hydrogen-bond acceptors (Lipinski definition) is 3. The second-order valence-corrected chi connectivity index (χ2v) is 8.60. The third kappa shape index (κ3) is 4.57. The highest BCUT2D eigenvalue weighted by Gasteiger charge is 2.30. The maximum atomic E-state index is 13.1. The number of aryl methyl sites for hydroxylation is 2. The van der Waals surface area contributed by atoms with E-state index in [0.717, 1.165) is 37.2 Å². The topological polar surface area (TPSA) is 43.9 Å². The van der Waals surface area contributed by atoms with Gasteiger partial charge in [0.05, 0.1) is 13.0 Å². The molecule has 0 aliphatic carbocycles. The number of carbonyl (C=O) groups is 2. The van der Waals surface area contributed by atoms with Crippen LogP contribution in [0.5, 0.6) is 0 Å². The molecule has 2 aromatic carbocycles. The van der Waals surface area contributed by atoms with Crippen molar-refractivity contribution >= 4 is 17.5 Å². The molecule has 158 valence electrons. The van der Waals surface area contributed by atoms with Crippen LogP contribution in [0.25, 0.3) is 0 Å². The van der Waals surface area contributed by atoms with Crippen molar-refractivity contribution in [2.24, 2.45) is 0 Å². The van der Waals surface area contributed by atoms with Gasteiger partial charge in [0.1, 0.15) is 0 Å². The fourth-order valence-electron chi connectivity index (χ4n) is 4.48. The summed E-state index contributed by atoms with van der Waals surface area (Å²) >= 11 is 0. The van der Waals surface area contributed by atoms with Gasteiger partial charge in [-0.15, -0.1) is 0 Å². The Bertz CT molecular complexity index is 901. The molecular formula is C25H31N3O2. The van der Waals surface area contributed by atoms with E-state index in [0.29, 0.717) is 26.1 Å². The van der Waals surface area contributed by atoms with Gasteiger partial charge < -0.3 is 9.80 Å². The lowest BCUT2D eigenvalue weighted by Gasteiger charge is -2.38. The smallest absolute Gasteiger partial charge is 0.241 e. The number of piperazine rings is 1. The van der Waals surface area contributed by atoms with Gasteiger partial charge in [0.25, 0.3) is 0 Å². The van der Waals surface area contributed by atoms with Crippen molar-refractivity contribution in [2.45, 2.75) is 39.2 Å². The molecule has 2 aliphatic heterocycles. The first-order valence-corrected chi connectivity index (χ1v) is 11.0. The first-order valence-electron chi connectivity index (χ1n) is 11.0. The van der Waals surface area contributed by atoms with E-state index < -0.39 is 0 Å². The van der Waals surface area contributed by atoms with E-state index in [1.54, 1.807) is 0 Å². The minimum atomic E-state index is 0.161. The van der Waals surface area contributed by atoms with Crippen molar-refractivity contribution in [3.63, 3.8) is 0 Å². The molecule has 0 N–H and O–H groups in total. The SMILES string of the molecule is Cc1ccc(CC(=O)N2CCN(CC(=O)N3c4ccccc4CCC3C)CC2)cc1. The van der Waals surface area contributed by atoms with Gasteiger partial charge in [-0.1, -0.05) is 48.0 Å². The van der Waals surface area contributed by atoms with Gasteiger partial charge in [-0.05, 0) is 43.9 Å². The highest BCUT2D eigenvalue weighted by atomic mass is 16.2. The van der Waals surface area contributed by atoms with E-state index in [1.807, 2.05) is 46.2 Å². The van der Waals surface area contributed by atoms with Crippen LogP contribution in [-0.4, -0.2) is 60.4 Å². The normalized spacial score (nSPS) is 19.5. The van der Waals surface area contributed by atoms with Gasteiger partial charge in [-0.25, -0.2) is 0 Å². The Kier molecular flexibility index (Phi) is 6.18. The van der Waals surface area contributed by atoms with Crippen LogP contribution in [0.2, 0.25) is 0 Å². The van der Waals surface area contributed by atoms with Crippen LogP contribution >= 0.6 is 0 Å². The predicted molar refractivity (Wildman–Crippen MR) is 120 cm³/mol. The van der Waals surface area contributed by atoms with Gasteiger partial charge in [-0.3, -0.25) is 14.5 Å². The summed E-state index contributed by atoms with van der Waals surface area (Å²) in [7, 11) is 0. The lowest BCUT2D eigenvalue weighted by Crippen LogP contribution is -2.53. The van der Waals surface area contributed by atoms with Crippen LogP contribution in [0, 0.1) is 6.92 Å². The Balaban J connectivity index is 1.31. The monoisotopic (exact) mass is 405 g/mol. The second kappa shape index (κ2) is 9.00. The molecule has 2 heterocycles. The maximum Gasteiger partial charge on any atom is 0.241 e. The zero-order valence-electron chi connectivity index (χ0n) is 18.0. The first-order chi connectivity index (χ1) is 14.5. The number of para-hydroxylation sites is 1. The van der Waals surface area contributed by atoms with Crippen molar-refractivity contribution < 1.29 is 9.59 Å². The Morgan fingerprint density at radius 2 is 1.63 bits per heavy atom. The quantitative estimate of drug-likeness (QED) is 0.785. The highest BCUT2D eigenvalue weighted by molar-refractivity contribution is 5.96. The number of carbonyl (C=O) groups excluding carboxylic acids is 2. The number of anilines is 1. The first kappa shape index (κ1) is 20.6. The minimum Gasteiger partial charge on any atom is -0.340 e. The summed E-state index contributed by atoms with van der Waals surface area (Å²) in [6, 6.07) is 16.6. The summed E-state index contributed by atoms with van der Waals surface area (Å²) in [5, 5.41) is 0. The lowest BCUT2D eigenvalue weighted by atomic mass is 9.96. The molecule has 5 nitrogen and oxygen atoms in total. The maximum absolute atomic E-state index is 13.1. The molecule has 2 aliphatic rings. The van der Waals surface area contributed by atoms with Crippen LogP contribution in [0.15, 0.2) is 48.5 Å².